The minimum atomic E-state index is -0.146. The number of nitrogens with one attached hydrogen (secondary N) is 1. The van der Waals surface area contributed by atoms with E-state index in [1.165, 1.54) is 11.3 Å². The molecule has 19 heavy (non-hydrogen) atoms. The van der Waals surface area contributed by atoms with Gasteiger partial charge in [-0.1, -0.05) is 30.3 Å². The molecule has 0 aliphatic carbocycles. The van der Waals surface area contributed by atoms with Gasteiger partial charge in [-0.25, -0.2) is 4.98 Å². The number of hydrogen-bond donors (Lipinski definition) is 1. The maximum absolute atomic E-state index is 12.1. The average Bonchev–Trinajstić information content (AvgIpc) is 3.00. The fourth-order valence-corrected chi connectivity index (χ4v) is 2.63. The Kier molecular flexibility index (Phi) is 3.05. The highest BCUT2D eigenvalue weighted by Crippen LogP contribution is 2.14. The third-order valence-corrected chi connectivity index (χ3v) is 3.74. The molecule has 1 aromatic carbocycles. The summed E-state index contributed by atoms with van der Waals surface area (Å²) in [4.78, 5) is 17.2. The summed E-state index contributed by atoms with van der Waals surface area (Å²) in [6.07, 6.45) is 3.64. The summed E-state index contributed by atoms with van der Waals surface area (Å²) >= 11 is 1.51. The summed E-state index contributed by atoms with van der Waals surface area (Å²) < 4.78 is 1.85. The molecular weight excluding hydrogens is 258 g/mol. The lowest BCUT2D eigenvalue weighted by Gasteiger charge is -2.12. The zero-order valence-electron chi connectivity index (χ0n) is 10.4. The smallest absolute Gasteiger partial charge is 0.272 e. The highest BCUT2D eigenvalue weighted by molar-refractivity contribution is 7.15. The van der Waals surface area contributed by atoms with E-state index in [9.17, 15) is 4.79 Å². The van der Waals surface area contributed by atoms with Gasteiger partial charge in [-0.15, -0.1) is 11.3 Å². The van der Waals surface area contributed by atoms with Gasteiger partial charge in [-0.3, -0.25) is 9.20 Å². The van der Waals surface area contributed by atoms with Crippen molar-refractivity contribution in [1.29, 1.82) is 0 Å². The largest absolute Gasteiger partial charge is 0.344 e. The number of amides is 1. The third kappa shape index (κ3) is 2.37. The predicted molar refractivity (Wildman–Crippen MR) is 75.4 cm³/mol. The summed E-state index contributed by atoms with van der Waals surface area (Å²) in [5.41, 5.74) is 1.53. The molecule has 0 saturated heterocycles. The molecule has 3 aromatic rings. The van der Waals surface area contributed by atoms with Crippen LogP contribution in [0.1, 0.15) is 29.0 Å². The van der Waals surface area contributed by atoms with Crippen molar-refractivity contribution >= 4 is 22.2 Å². The molecule has 1 atom stereocenters. The van der Waals surface area contributed by atoms with Crippen LogP contribution in [-0.4, -0.2) is 15.3 Å². The van der Waals surface area contributed by atoms with Crippen molar-refractivity contribution in [1.82, 2.24) is 14.7 Å². The molecule has 3 rings (SSSR count). The lowest BCUT2D eigenvalue weighted by molar-refractivity contribution is 0.0935. The molecule has 0 bridgehead atoms. The molecule has 2 heterocycles. The van der Waals surface area contributed by atoms with Gasteiger partial charge in [0, 0.05) is 17.8 Å². The summed E-state index contributed by atoms with van der Waals surface area (Å²) in [7, 11) is 0. The van der Waals surface area contributed by atoms with E-state index in [0.29, 0.717) is 5.69 Å². The SMILES string of the molecule is CC(NC(=O)c1cn2ccsc2n1)c1ccccc1. The molecule has 2 aromatic heterocycles. The van der Waals surface area contributed by atoms with Gasteiger partial charge in [-0.05, 0) is 12.5 Å². The maximum atomic E-state index is 12.1. The molecule has 1 amide bonds. The number of aromatic nitrogens is 2. The number of carbonyl (C=O) groups excluding carboxylic acids is 1. The Labute approximate surface area is 114 Å². The van der Waals surface area contributed by atoms with Gasteiger partial charge in [0.05, 0.1) is 6.04 Å². The Morgan fingerprint density at radius 2 is 2.16 bits per heavy atom. The first kappa shape index (κ1) is 11.9. The normalized spacial score (nSPS) is 12.5. The molecule has 4 nitrogen and oxygen atoms in total. The maximum Gasteiger partial charge on any atom is 0.272 e. The van der Waals surface area contributed by atoms with E-state index in [2.05, 4.69) is 10.3 Å². The number of hydrogen-bond acceptors (Lipinski definition) is 3. The van der Waals surface area contributed by atoms with Crippen LogP contribution >= 0.6 is 11.3 Å². The Balaban J connectivity index is 1.76. The zero-order chi connectivity index (χ0) is 13.2. The highest BCUT2D eigenvalue weighted by Gasteiger charge is 2.14. The molecule has 0 aliphatic heterocycles. The zero-order valence-corrected chi connectivity index (χ0v) is 11.2. The fraction of sp³-hybridized carbons (Fsp3) is 0.143. The number of carbonyl (C=O) groups is 1. The monoisotopic (exact) mass is 271 g/mol. The molecular formula is C14H13N3OS. The Hall–Kier alpha value is -2.14. The van der Waals surface area contributed by atoms with Crippen LogP contribution in [0, 0.1) is 0 Å². The van der Waals surface area contributed by atoms with Crippen molar-refractivity contribution in [2.24, 2.45) is 0 Å². The van der Waals surface area contributed by atoms with E-state index in [1.807, 2.05) is 53.2 Å². The first-order chi connectivity index (χ1) is 9.24. The second-order valence-electron chi connectivity index (χ2n) is 4.32. The first-order valence-corrected chi connectivity index (χ1v) is 6.90. The molecule has 0 aliphatic rings. The van der Waals surface area contributed by atoms with Gasteiger partial charge in [0.2, 0.25) is 0 Å². The van der Waals surface area contributed by atoms with Crippen molar-refractivity contribution in [2.45, 2.75) is 13.0 Å². The molecule has 0 spiro atoms. The van der Waals surface area contributed by atoms with Crippen molar-refractivity contribution in [2.75, 3.05) is 0 Å². The lowest BCUT2D eigenvalue weighted by Crippen LogP contribution is -2.26. The van der Waals surface area contributed by atoms with E-state index in [4.69, 9.17) is 0 Å². The topological polar surface area (TPSA) is 46.4 Å². The Morgan fingerprint density at radius 3 is 2.89 bits per heavy atom. The molecule has 0 saturated carbocycles. The number of thiazole rings is 1. The van der Waals surface area contributed by atoms with Crippen molar-refractivity contribution in [3.8, 4) is 0 Å². The lowest BCUT2D eigenvalue weighted by atomic mass is 10.1. The Morgan fingerprint density at radius 1 is 1.37 bits per heavy atom. The van der Waals surface area contributed by atoms with Gasteiger partial charge >= 0.3 is 0 Å². The van der Waals surface area contributed by atoms with Gasteiger partial charge in [0.25, 0.3) is 5.91 Å². The summed E-state index contributed by atoms with van der Waals surface area (Å²) in [5.74, 6) is -0.146. The number of fused-ring (bicyclic) bond motifs is 1. The van der Waals surface area contributed by atoms with Gasteiger partial charge in [-0.2, -0.15) is 0 Å². The third-order valence-electron chi connectivity index (χ3n) is 2.97. The van der Waals surface area contributed by atoms with E-state index in [1.54, 1.807) is 6.20 Å². The first-order valence-electron chi connectivity index (χ1n) is 6.02. The van der Waals surface area contributed by atoms with E-state index >= 15 is 0 Å². The minimum absolute atomic E-state index is 0.0339. The number of rotatable bonds is 3. The van der Waals surface area contributed by atoms with Gasteiger partial charge in [0.15, 0.2) is 4.96 Å². The fourth-order valence-electron chi connectivity index (χ4n) is 1.93. The van der Waals surface area contributed by atoms with Gasteiger partial charge < -0.3 is 5.32 Å². The molecule has 1 unspecified atom stereocenters. The second-order valence-corrected chi connectivity index (χ2v) is 5.20. The van der Waals surface area contributed by atoms with Crippen LogP contribution in [0.3, 0.4) is 0 Å². The predicted octanol–water partition coefficient (Wildman–Crippen LogP) is 2.89. The molecule has 5 heteroatoms. The highest BCUT2D eigenvalue weighted by atomic mass is 32.1. The molecule has 0 radical (unpaired) electrons. The summed E-state index contributed by atoms with van der Waals surface area (Å²) in [6.45, 7) is 1.96. The van der Waals surface area contributed by atoms with Crippen LogP contribution in [0.4, 0.5) is 0 Å². The van der Waals surface area contributed by atoms with Crippen molar-refractivity contribution < 1.29 is 4.79 Å². The molecule has 96 valence electrons. The number of nitrogens with zero attached hydrogens (tertiary/aromatic N) is 2. The summed E-state index contributed by atoms with van der Waals surface area (Å²) in [6, 6.07) is 9.85. The number of benzene rings is 1. The summed E-state index contributed by atoms with van der Waals surface area (Å²) in [5, 5.41) is 4.89. The number of imidazole rings is 1. The van der Waals surface area contributed by atoms with E-state index in [0.717, 1.165) is 10.5 Å². The standard InChI is InChI=1S/C14H13N3OS/c1-10(11-5-3-2-4-6-11)15-13(18)12-9-17-7-8-19-14(17)16-12/h2-10H,1H3,(H,15,18). The van der Waals surface area contributed by atoms with Crippen LogP contribution in [0.15, 0.2) is 48.1 Å². The van der Waals surface area contributed by atoms with Crippen molar-refractivity contribution in [3.63, 3.8) is 0 Å². The van der Waals surface area contributed by atoms with Crippen LogP contribution in [-0.2, 0) is 0 Å². The van der Waals surface area contributed by atoms with E-state index < -0.39 is 0 Å². The van der Waals surface area contributed by atoms with E-state index in [-0.39, 0.29) is 11.9 Å². The van der Waals surface area contributed by atoms with Crippen LogP contribution in [0.5, 0.6) is 0 Å². The molecule has 1 N–H and O–H groups in total. The van der Waals surface area contributed by atoms with Crippen LogP contribution in [0.25, 0.3) is 4.96 Å². The quantitative estimate of drug-likeness (QED) is 0.796. The average molecular weight is 271 g/mol. The van der Waals surface area contributed by atoms with Crippen LogP contribution < -0.4 is 5.32 Å². The van der Waals surface area contributed by atoms with Crippen molar-refractivity contribution in [3.05, 3.63) is 59.4 Å². The molecule has 0 fully saturated rings. The Bertz CT molecular complexity index is 673. The van der Waals surface area contributed by atoms with Gasteiger partial charge in [0.1, 0.15) is 5.69 Å². The van der Waals surface area contributed by atoms with Crippen LogP contribution in [0.2, 0.25) is 0 Å². The minimum Gasteiger partial charge on any atom is -0.344 e. The second kappa shape index (κ2) is 4.85.